The van der Waals surface area contributed by atoms with Gasteiger partial charge in [-0.05, 0) is 24.6 Å². The van der Waals surface area contributed by atoms with Crippen molar-refractivity contribution in [1.82, 2.24) is 15.3 Å². The van der Waals surface area contributed by atoms with Crippen molar-refractivity contribution in [1.29, 1.82) is 0 Å². The van der Waals surface area contributed by atoms with Gasteiger partial charge in [-0.3, -0.25) is 9.59 Å². The van der Waals surface area contributed by atoms with Crippen molar-refractivity contribution in [2.75, 3.05) is 6.54 Å². The van der Waals surface area contributed by atoms with Gasteiger partial charge in [0.25, 0.3) is 5.91 Å². The molecule has 2 rings (SSSR count). The van der Waals surface area contributed by atoms with E-state index in [0.717, 1.165) is 11.8 Å². The molecule has 0 aliphatic carbocycles. The summed E-state index contributed by atoms with van der Waals surface area (Å²) in [5, 5.41) is 11.1. The molecule has 1 heterocycles. The number of nitrogens with one attached hydrogen (secondary N) is 2. The maximum Gasteiger partial charge on any atom is 0.322 e. The van der Waals surface area contributed by atoms with Gasteiger partial charge >= 0.3 is 5.97 Å². The smallest absolute Gasteiger partial charge is 0.322 e. The molecule has 0 bridgehead atoms. The average Bonchev–Trinajstić information content (AvgIpc) is 3.00. The lowest BCUT2D eigenvalue weighted by molar-refractivity contribution is -0.138. The second kappa shape index (κ2) is 7.01. The Balaban J connectivity index is 2.23. The third-order valence-corrected chi connectivity index (χ3v) is 3.30. The quantitative estimate of drug-likeness (QED) is 0.630. The number of aryl methyl sites for hydroxylation is 1. The Kier molecular flexibility index (Phi) is 5.07. The number of nitrogens with zero attached hydrogens (tertiary/aromatic N) is 1. The minimum absolute atomic E-state index is 0.0780. The van der Waals surface area contributed by atoms with Crippen LogP contribution >= 0.6 is 0 Å². The summed E-state index contributed by atoms with van der Waals surface area (Å²) in [4.78, 5) is 29.7. The fourth-order valence-electron chi connectivity index (χ4n) is 2.10. The molecule has 1 aromatic carbocycles. The first kappa shape index (κ1) is 16.6. The summed E-state index contributed by atoms with van der Waals surface area (Å²) in [7, 11) is 0. The summed E-state index contributed by atoms with van der Waals surface area (Å²) in [6.45, 7) is 1.67. The van der Waals surface area contributed by atoms with Crippen LogP contribution in [0.25, 0.3) is 11.3 Å². The largest absolute Gasteiger partial charge is 0.480 e. The lowest BCUT2D eigenvalue weighted by Crippen LogP contribution is -2.42. The van der Waals surface area contributed by atoms with Gasteiger partial charge in [-0.25, -0.2) is 9.37 Å². The van der Waals surface area contributed by atoms with Crippen molar-refractivity contribution < 1.29 is 19.1 Å². The highest BCUT2D eigenvalue weighted by Crippen LogP contribution is 2.23. The Morgan fingerprint density at radius 3 is 2.83 bits per heavy atom. The van der Waals surface area contributed by atoms with Crippen LogP contribution in [0.15, 0.2) is 24.5 Å². The van der Waals surface area contributed by atoms with Gasteiger partial charge < -0.3 is 21.1 Å². The number of rotatable bonds is 6. The number of nitrogens with two attached hydrogens (primary N) is 1. The van der Waals surface area contributed by atoms with E-state index in [-0.39, 0.29) is 12.1 Å². The number of benzene rings is 1. The number of aliphatic carboxylic acids is 1. The van der Waals surface area contributed by atoms with Crippen LogP contribution in [0.2, 0.25) is 0 Å². The van der Waals surface area contributed by atoms with Crippen LogP contribution in [0.1, 0.15) is 23.0 Å². The predicted molar refractivity (Wildman–Crippen MR) is 81.3 cm³/mol. The van der Waals surface area contributed by atoms with Gasteiger partial charge in [-0.2, -0.15) is 0 Å². The number of H-pyrrole nitrogens is 1. The first-order chi connectivity index (χ1) is 10.9. The highest BCUT2D eigenvalue weighted by atomic mass is 19.1. The van der Waals surface area contributed by atoms with E-state index in [1.807, 2.05) is 6.92 Å². The van der Waals surface area contributed by atoms with Crippen LogP contribution in [0.4, 0.5) is 4.39 Å². The Morgan fingerprint density at radius 1 is 1.43 bits per heavy atom. The van der Waals surface area contributed by atoms with E-state index in [1.54, 1.807) is 0 Å². The SMILES string of the molecule is CCc1nc[nH]c1-c1cc(F)cc(C(=O)NC[C@@H](N)C(=O)O)c1. The van der Waals surface area contributed by atoms with Crippen molar-refractivity contribution in [3.05, 3.63) is 41.6 Å². The molecule has 0 unspecified atom stereocenters. The zero-order valence-electron chi connectivity index (χ0n) is 12.5. The molecule has 0 aliphatic rings. The molecule has 0 radical (unpaired) electrons. The van der Waals surface area contributed by atoms with Crippen LogP contribution < -0.4 is 11.1 Å². The molecule has 1 aromatic heterocycles. The molecule has 0 fully saturated rings. The van der Waals surface area contributed by atoms with Gasteiger partial charge in [0.2, 0.25) is 0 Å². The molecule has 1 amide bonds. The monoisotopic (exact) mass is 320 g/mol. The fourth-order valence-corrected chi connectivity index (χ4v) is 2.10. The molecule has 0 saturated carbocycles. The summed E-state index contributed by atoms with van der Waals surface area (Å²) in [6.07, 6.45) is 2.16. The molecule has 0 spiro atoms. The summed E-state index contributed by atoms with van der Waals surface area (Å²) < 4.78 is 13.8. The van der Waals surface area contributed by atoms with Crippen LogP contribution in [-0.2, 0) is 11.2 Å². The van der Waals surface area contributed by atoms with Gasteiger partial charge in [0.15, 0.2) is 0 Å². The number of halogens is 1. The van der Waals surface area contributed by atoms with E-state index >= 15 is 0 Å². The van der Waals surface area contributed by atoms with Crippen LogP contribution in [0.3, 0.4) is 0 Å². The number of aromatic amines is 1. The van der Waals surface area contributed by atoms with Crippen molar-refractivity contribution >= 4 is 11.9 Å². The Labute approximate surface area is 131 Å². The molecule has 7 nitrogen and oxygen atoms in total. The molecule has 23 heavy (non-hydrogen) atoms. The van der Waals surface area contributed by atoms with E-state index in [9.17, 15) is 14.0 Å². The van der Waals surface area contributed by atoms with Crippen LogP contribution in [0, 0.1) is 5.82 Å². The van der Waals surface area contributed by atoms with Gasteiger partial charge in [-0.15, -0.1) is 0 Å². The molecule has 0 saturated heterocycles. The third kappa shape index (κ3) is 3.92. The number of carboxylic acid groups (broad SMARTS) is 1. The number of carbonyl (C=O) groups excluding carboxylic acids is 1. The van der Waals surface area contributed by atoms with Gasteiger partial charge in [0, 0.05) is 17.7 Å². The standard InChI is InChI=1S/C15H17FN4O3/c1-2-12-13(20-7-19-12)8-3-9(5-10(16)4-8)14(21)18-6-11(17)15(22)23/h3-5,7,11H,2,6,17H2,1H3,(H,18,21)(H,19,20)(H,22,23)/t11-/m1/s1. The summed E-state index contributed by atoms with van der Waals surface area (Å²) in [5.41, 5.74) is 7.29. The lowest BCUT2D eigenvalue weighted by atomic mass is 10.0. The molecular formula is C15H17FN4O3. The van der Waals surface area contributed by atoms with E-state index in [0.29, 0.717) is 17.7 Å². The zero-order chi connectivity index (χ0) is 17.0. The molecule has 122 valence electrons. The number of hydrogen-bond donors (Lipinski definition) is 4. The van der Waals surface area contributed by atoms with Gasteiger partial charge in [-0.1, -0.05) is 6.92 Å². The molecule has 1 atom stereocenters. The minimum Gasteiger partial charge on any atom is -0.480 e. The second-order valence-corrected chi connectivity index (χ2v) is 4.96. The maximum absolute atomic E-state index is 13.8. The van der Waals surface area contributed by atoms with Crippen molar-refractivity contribution in [2.24, 2.45) is 5.73 Å². The Bertz CT molecular complexity index is 729. The van der Waals surface area contributed by atoms with E-state index in [2.05, 4.69) is 15.3 Å². The number of aromatic nitrogens is 2. The first-order valence-electron chi connectivity index (χ1n) is 7.02. The molecule has 8 heteroatoms. The second-order valence-electron chi connectivity index (χ2n) is 4.96. The fraction of sp³-hybridized carbons (Fsp3) is 0.267. The summed E-state index contributed by atoms with van der Waals surface area (Å²) in [5.74, 6) is -2.40. The Hall–Kier alpha value is -2.74. The average molecular weight is 320 g/mol. The molecule has 2 aromatic rings. The number of imidazole rings is 1. The number of amides is 1. The first-order valence-corrected chi connectivity index (χ1v) is 7.02. The van der Waals surface area contributed by atoms with Gasteiger partial charge in [0.1, 0.15) is 11.9 Å². The summed E-state index contributed by atoms with van der Waals surface area (Å²) in [6, 6.07) is 2.67. The Morgan fingerprint density at radius 2 is 2.17 bits per heavy atom. The zero-order valence-corrected chi connectivity index (χ0v) is 12.5. The highest BCUT2D eigenvalue weighted by molar-refractivity contribution is 5.95. The highest BCUT2D eigenvalue weighted by Gasteiger charge is 2.16. The van der Waals surface area contributed by atoms with Crippen molar-refractivity contribution in [2.45, 2.75) is 19.4 Å². The third-order valence-electron chi connectivity index (χ3n) is 3.30. The number of hydrogen-bond acceptors (Lipinski definition) is 4. The summed E-state index contributed by atoms with van der Waals surface area (Å²) >= 11 is 0. The van der Waals surface area contributed by atoms with E-state index < -0.39 is 23.7 Å². The molecular weight excluding hydrogens is 303 g/mol. The van der Waals surface area contributed by atoms with Crippen LogP contribution in [0.5, 0.6) is 0 Å². The minimum atomic E-state index is -1.23. The number of carboxylic acids is 1. The lowest BCUT2D eigenvalue weighted by Gasteiger charge is -2.10. The van der Waals surface area contributed by atoms with E-state index in [1.165, 1.54) is 18.5 Å². The van der Waals surface area contributed by atoms with E-state index in [4.69, 9.17) is 10.8 Å². The molecule has 0 aliphatic heterocycles. The molecule has 5 N–H and O–H groups in total. The van der Waals surface area contributed by atoms with Crippen LogP contribution in [-0.4, -0.2) is 39.5 Å². The predicted octanol–water partition coefficient (Wildman–Crippen LogP) is 0.920. The van der Waals surface area contributed by atoms with Crippen molar-refractivity contribution in [3.63, 3.8) is 0 Å². The van der Waals surface area contributed by atoms with Gasteiger partial charge in [0.05, 0.1) is 17.7 Å². The maximum atomic E-state index is 13.8. The van der Waals surface area contributed by atoms with Crippen molar-refractivity contribution in [3.8, 4) is 11.3 Å². The topological polar surface area (TPSA) is 121 Å². The number of carbonyl (C=O) groups is 2. The normalized spacial score (nSPS) is 12.0.